The first-order valence-electron chi connectivity index (χ1n) is 5.13. The average molecular weight is 254 g/mol. The molecule has 1 fully saturated rings. The van der Waals surface area contributed by atoms with E-state index in [0.29, 0.717) is 6.54 Å². The Morgan fingerprint density at radius 3 is 2.78 bits per heavy atom. The molecule has 96 valence electrons. The normalized spacial score (nSPS) is 19.6. The Hall–Kier alpha value is -2.29. The summed E-state index contributed by atoms with van der Waals surface area (Å²) in [5.74, 6) is -0.795. The molecule has 1 unspecified atom stereocenters. The lowest BCUT2D eigenvalue weighted by molar-refractivity contribution is -0.385. The molecular weight excluding hydrogens is 244 g/mol. The Morgan fingerprint density at radius 1 is 1.56 bits per heavy atom. The van der Waals surface area contributed by atoms with Crippen LogP contribution in [0.15, 0.2) is 12.4 Å². The molecule has 1 aromatic rings. The summed E-state index contributed by atoms with van der Waals surface area (Å²) < 4.78 is 5.05. The number of morpholine rings is 1. The van der Waals surface area contributed by atoms with Crippen molar-refractivity contribution >= 4 is 17.6 Å². The van der Waals surface area contributed by atoms with Crippen LogP contribution >= 0.6 is 0 Å². The molecule has 1 saturated heterocycles. The molecule has 0 bridgehead atoms. The maximum absolute atomic E-state index is 10.8. The standard InChI is InChI=1S/C9H10N4O5/c14-8(15)7-5-12(1-2-18-7)9-10-3-6(4-11-9)13(16)17/h3-4,7H,1-2,5H2,(H,14,15). The molecular formula is C9H10N4O5. The maximum atomic E-state index is 10.8. The second kappa shape index (κ2) is 4.92. The number of aromatic nitrogens is 2. The fourth-order valence-corrected chi connectivity index (χ4v) is 1.55. The van der Waals surface area contributed by atoms with E-state index in [1.165, 1.54) is 0 Å². The largest absolute Gasteiger partial charge is 0.479 e. The summed E-state index contributed by atoms with van der Waals surface area (Å²) in [7, 11) is 0. The van der Waals surface area contributed by atoms with Crippen LogP contribution in [0.4, 0.5) is 11.6 Å². The summed E-state index contributed by atoms with van der Waals surface area (Å²) in [5, 5.41) is 19.3. The number of rotatable bonds is 3. The van der Waals surface area contributed by atoms with Crippen LogP contribution in [0.25, 0.3) is 0 Å². The molecule has 0 amide bonds. The van der Waals surface area contributed by atoms with E-state index in [0.717, 1.165) is 12.4 Å². The van der Waals surface area contributed by atoms with Crippen LogP contribution in [-0.2, 0) is 9.53 Å². The molecule has 9 heteroatoms. The molecule has 1 aliphatic rings. The summed E-state index contributed by atoms with van der Waals surface area (Å²) in [6, 6.07) is 0. The van der Waals surface area contributed by atoms with Crippen LogP contribution in [0.2, 0.25) is 0 Å². The highest BCUT2D eigenvalue weighted by molar-refractivity contribution is 5.73. The van der Waals surface area contributed by atoms with Gasteiger partial charge in [0.15, 0.2) is 6.10 Å². The highest BCUT2D eigenvalue weighted by atomic mass is 16.6. The van der Waals surface area contributed by atoms with Gasteiger partial charge in [-0.2, -0.15) is 0 Å². The number of ether oxygens (including phenoxy) is 1. The first kappa shape index (κ1) is 12.2. The van der Waals surface area contributed by atoms with Crippen LogP contribution in [0.1, 0.15) is 0 Å². The van der Waals surface area contributed by atoms with Crippen LogP contribution in [0.3, 0.4) is 0 Å². The Bertz CT molecular complexity index is 463. The number of carbonyl (C=O) groups is 1. The van der Waals surface area contributed by atoms with Crippen molar-refractivity contribution in [2.75, 3.05) is 24.6 Å². The topological polar surface area (TPSA) is 119 Å². The third kappa shape index (κ3) is 2.51. The zero-order valence-electron chi connectivity index (χ0n) is 9.22. The van der Waals surface area contributed by atoms with E-state index in [9.17, 15) is 14.9 Å². The molecule has 1 N–H and O–H groups in total. The highest BCUT2D eigenvalue weighted by Gasteiger charge is 2.27. The summed E-state index contributed by atoms with van der Waals surface area (Å²) in [4.78, 5) is 29.9. The molecule has 1 aliphatic heterocycles. The average Bonchev–Trinajstić information content (AvgIpc) is 2.39. The van der Waals surface area contributed by atoms with E-state index < -0.39 is 17.0 Å². The number of aliphatic carboxylic acids is 1. The van der Waals surface area contributed by atoms with E-state index in [4.69, 9.17) is 9.84 Å². The fraction of sp³-hybridized carbons (Fsp3) is 0.444. The van der Waals surface area contributed by atoms with Gasteiger partial charge in [-0.15, -0.1) is 0 Å². The van der Waals surface area contributed by atoms with Crippen LogP contribution in [0, 0.1) is 10.1 Å². The van der Waals surface area contributed by atoms with Crippen molar-refractivity contribution in [2.45, 2.75) is 6.10 Å². The molecule has 0 aliphatic carbocycles. The number of hydrogen-bond donors (Lipinski definition) is 1. The highest BCUT2D eigenvalue weighted by Crippen LogP contribution is 2.15. The minimum Gasteiger partial charge on any atom is -0.479 e. The van der Waals surface area contributed by atoms with Gasteiger partial charge in [0, 0.05) is 6.54 Å². The number of carboxylic acids is 1. The first-order chi connectivity index (χ1) is 8.58. The van der Waals surface area contributed by atoms with Gasteiger partial charge in [0.1, 0.15) is 12.4 Å². The molecule has 2 heterocycles. The maximum Gasteiger partial charge on any atom is 0.334 e. The Kier molecular flexibility index (Phi) is 3.33. The van der Waals surface area contributed by atoms with Crippen molar-refractivity contribution < 1.29 is 19.6 Å². The van der Waals surface area contributed by atoms with Crippen molar-refractivity contribution in [1.82, 2.24) is 9.97 Å². The monoisotopic (exact) mass is 254 g/mol. The van der Waals surface area contributed by atoms with Crippen molar-refractivity contribution in [1.29, 1.82) is 0 Å². The molecule has 1 aromatic heterocycles. The predicted molar refractivity (Wildman–Crippen MR) is 58.3 cm³/mol. The molecule has 2 rings (SSSR count). The van der Waals surface area contributed by atoms with E-state index in [2.05, 4.69) is 9.97 Å². The van der Waals surface area contributed by atoms with Crippen molar-refractivity contribution in [2.24, 2.45) is 0 Å². The van der Waals surface area contributed by atoms with Crippen molar-refractivity contribution in [3.8, 4) is 0 Å². The smallest absolute Gasteiger partial charge is 0.334 e. The zero-order valence-corrected chi connectivity index (χ0v) is 9.22. The molecule has 0 aromatic carbocycles. The molecule has 0 spiro atoms. The summed E-state index contributed by atoms with van der Waals surface area (Å²) in [6.45, 7) is 0.812. The minimum atomic E-state index is -1.05. The lowest BCUT2D eigenvalue weighted by atomic mass is 10.3. The quantitative estimate of drug-likeness (QED) is 0.575. The van der Waals surface area contributed by atoms with Gasteiger partial charge in [0.2, 0.25) is 5.95 Å². The van der Waals surface area contributed by atoms with Gasteiger partial charge < -0.3 is 14.7 Å². The van der Waals surface area contributed by atoms with E-state index in [1.807, 2.05) is 0 Å². The van der Waals surface area contributed by atoms with Gasteiger partial charge in [0.05, 0.1) is 18.1 Å². The summed E-state index contributed by atoms with van der Waals surface area (Å²) in [5.41, 5.74) is -0.207. The van der Waals surface area contributed by atoms with Crippen molar-refractivity contribution in [3.63, 3.8) is 0 Å². The zero-order chi connectivity index (χ0) is 13.1. The van der Waals surface area contributed by atoms with Gasteiger partial charge in [-0.25, -0.2) is 14.8 Å². The second-order valence-corrected chi connectivity index (χ2v) is 3.64. The molecule has 1 atom stereocenters. The molecule has 18 heavy (non-hydrogen) atoms. The Morgan fingerprint density at radius 2 is 2.22 bits per heavy atom. The minimum absolute atomic E-state index is 0.118. The first-order valence-corrected chi connectivity index (χ1v) is 5.13. The lowest BCUT2D eigenvalue weighted by Gasteiger charge is -2.30. The third-order valence-corrected chi connectivity index (χ3v) is 2.46. The second-order valence-electron chi connectivity index (χ2n) is 3.64. The van der Waals surface area contributed by atoms with E-state index >= 15 is 0 Å². The number of anilines is 1. The number of nitrogens with zero attached hydrogens (tertiary/aromatic N) is 4. The van der Waals surface area contributed by atoms with Gasteiger partial charge >= 0.3 is 11.7 Å². The van der Waals surface area contributed by atoms with Gasteiger partial charge in [0.25, 0.3) is 0 Å². The van der Waals surface area contributed by atoms with Gasteiger partial charge in [-0.3, -0.25) is 10.1 Å². The van der Waals surface area contributed by atoms with Crippen LogP contribution in [-0.4, -0.2) is 51.8 Å². The number of nitro groups is 1. The summed E-state index contributed by atoms with van der Waals surface area (Å²) in [6.07, 6.45) is 1.25. The van der Waals surface area contributed by atoms with Crippen molar-refractivity contribution in [3.05, 3.63) is 22.5 Å². The Balaban J connectivity index is 2.11. The third-order valence-electron chi connectivity index (χ3n) is 2.46. The van der Waals surface area contributed by atoms with E-state index in [-0.39, 0.29) is 24.8 Å². The lowest BCUT2D eigenvalue weighted by Crippen LogP contribution is -2.46. The fourth-order valence-electron chi connectivity index (χ4n) is 1.55. The van der Waals surface area contributed by atoms with Crippen LogP contribution < -0.4 is 4.90 Å². The van der Waals surface area contributed by atoms with Gasteiger partial charge in [-0.1, -0.05) is 0 Å². The summed E-state index contributed by atoms with van der Waals surface area (Å²) >= 11 is 0. The molecule has 9 nitrogen and oxygen atoms in total. The van der Waals surface area contributed by atoms with Crippen LogP contribution in [0.5, 0.6) is 0 Å². The number of carboxylic acid groups (broad SMARTS) is 1. The molecule has 0 saturated carbocycles. The van der Waals surface area contributed by atoms with E-state index in [1.54, 1.807) is 4.90 Å². The SMILES string of the molecule is O=C(O)C1CN(c2ncc([N+](=O)[O-])cn2)CCO1. The van der Waals surface area contributed by atoms with Gasteiger partial charge in [-0.05, 0) is 0 Å². The number of hydrogen-bond acceptors (Lipinski definition) is 7. The Labute approximate surface area is 101 Å². The predicted octanol–water partition coefficient (Wildman–Crippen LogP) is -0.325. The molecule has 0 radical (unpaired) electrons.